The van der Waals surface area contributed by atoms with Crippen LogP contribution in [0.3, 0.4) is 0 Å². The number of aromatic nitrogens is 4. The predicted octanol–water partition coefficient (Wildman–Crippen LogP) is 4.65. The van der Waals surface area contributed by atoms with Gasteiger partial charge >= 0.3 is 11.9 Å². The second kappa shape index (κ2) is 14.5. The molecule has 199 valence electrons. The largest absolute Gasteiger partial charge is 0.477 e. The zero-order valence-electron chi connectivity index (χ0n) is 20.2. The average molecular weight is 638 g/mol. The molecule has 0 saturated carbocycles. The van der Waals surface area contributed by atoms with Crippen molar-refractivity contribution in [3.8, 4) is 0 Å². The maximum Gasteiger partial charge on any atom is 0.343 e. The van der Waals surface area contributed by atoms with Gasteiger partial charge in [-0.2, -0.15) is 0 Å². The van der Waals surface area contributed by atoms with Gasteiger partial charge in [0.1, 0.15) is 32.5 Å². The molecule has 0 aliphatic rings. The zero-order valence-corrected chi connectivity index (χ0v) is 24.5. The summed E-state index contributed by atoms with van der Waals surface area (Å²) in [5, 5.41) is 9.32. The number of carboxylic acids is 1. The number of aryl methyl sites for hydroxylation is 2. The van der Waals surface area contributed by atoms with Gasteiger partial charge in [-0.3, -0.25) is 9.59 Å². The molecule has 0 unspecified atom stereocenters. The predicted molar refractivity (Wildman–Crippen MR) is 143 cm³/mol. The second-order valence-corrected chi connectivity index (χ2v) is 8.12. The van der Waals surface area contributed by atoms with E-state index >= 15 is 0 Å². The Bertz CT molecular complexity index is 1600. The van der Waals surface area contributed by atoms with Crippen molar-refractivity contribution in [3.63, 3.8) is 0 Å². The molecule has 38 heavy (non-hydrogen) atoms. The second-order valence-electron chi connectivity index (χ2n) is 7.34. The molecule has 4 aromatic heterocycles. The molecule has 0 aliphatic carbocycles. The van der Waals surface area contributed by atoms with Crippen molar-refractivity contribution in [2.24, 2.45) is 0 Å². The Labute approximate surface area is 253 Å². The number of carboxylic acid groups (broad SMARTS) is 1. The molecule has 4 heterocycles. The van der Waals surface area contributed by atoms with Gasteiger partial charge in [0.05, 0.1) is 17.6 Å². The number of pyridine rings is 4. The molecular weight excluding hydrogens is 612 g/mol. The topological polar surface area (TPSA) is 133 Å². The van der Waals surface area contributed by atoms with E-state index in [0.717, 1.165) is 0 Å². The summed E-state index contributed by atoms with van der Waals surface area (Å²) in [7, 11) is 0. The molecule has 0 aromatic carbocycles. The van der Waals surface area contributed by atoms with Crippen LogP contribution < -0.4 is 10.9 Å². The number of ether oxygens (including phenoxy) is 1. The van der Waals surface area contributed by atoms with Crippen LogP contribution in [0.4, 0.5) is 0 Å². The van der Waals surface area contributed by atoms with Crippen LogP contribution in [0.5, 0.6) is 0 Å². The molecule has 0 spiro atoms. The number of carbonyl (C=O) groups excluding carboxylic acids is 1. The maximum atomic E-state index is 12.2. The fourth-order valence-corrected chi connectivity index (χ4v) is 3.80. The molecule has 0 bridgehead atoms. The van der Waals surface area contributed by atoms with Crippen LogP contribution in [0.15, 0.2) is 46.2 Å². The van der Waals surface area contributed by atoms with Gasteiger partial charge in [-0.25, -0.2) is 19.6 Å². The SMILES string of the molecule is C.CCOC(=O)c1cn(CC)c2ccc(Cl)nc2c1=O.CCn1cc(C(=O)O)c(=O)c2nc(Cl)ccc21.[Y]. The maximum absolute atomic E-state index is 12.2. The number of aromatic carboxylic acids is 1. The molecule has 1 N–H and O–H groups in total. The van der Waals surface area contributed by atoms with Gasteiger partial charge in [0.15, 0.2) is 0 Å². The Morgan fingerprint density at radius 1 is 0.842 bits per heavy atom. The number of halogens is 2. The van der Waals surface area contributed by atoms with E-state index in [2.05, 4.69) is 9.97 Å². The Balaban J connectivity index is 0.000000363. The number of rotatable bonds is 5. The Morgan fingerprint density at radius 2 is 1.26 bits per heavy atom. The fraction of sp³-hybridized carbons (Fsp3) is 0.280. The van der Waals surface area contributed by atoms with Crippen LogP contribution in [-0.2, 0) is 50.5 Å². The quantitative estimate of drug-likeness (QED) is 0.247. The first-order valence-corrected chi connectivity index (χ1v) is 11.7. The summed E-state index contributed by atoms with van der Waals surface area (Å²) in [6.07, 6.45) is 2.82. The number of carbonyl (C=O) groups is 2. The van der Waals surface area contributed by atoms with E-state index < -0.39 is 22.8 Å². The zero-order chi connectivity index (χ0) is 26.6. The van der Waals surface area contributed by atoms with E-state index in [1.165, 1.54) is 12.4 Å². The van der Waals surface area contributed by atoms with Crippen molar-refractivity contribution in [2.45, 2.75) is 41.3 Å². The molecule has 0 fully saturated rings. The van der Waals surface area contributed by atoms with Gasteiger partial charge < -0.3 is 19.0 Å². The van der Waals surface area contributed by atoms with Crippen molar-refractivity contribution >= 4 is 57.2 Å². The Morgan fingerprint density at radius 3 is 1.66 bits per heavy atom. The molecule has 4 aromatic rings. The third-order valence-corrected chi connectivity index (χ3v) is 5.62. The Kier molecular flexibility index (Phi) is 12.7. The van der Waals surface area contributed by atoms with E-state index in [9.17, 15) is 19.2 Å². The number of hydrogen-bond donors (Lipinski definition) is 1. The monoisotopic (exact) mass is 637 g/mol. The summed E-state index contributed by atoms with van der Waals surface area (Å²) in [5.41, 5.74) is 0.0939. The summed E-state index contributed by atoms with van der Waals surface area (Å²) in [5.74, 6) is -1.90. The molecule has 1 radical (unpaired) electrons. The van der Waals surface area contributed by atoms with E-state index in [4.69, 9.17) is 33.0 Å². The van der Waals surface area contributed by atoms with E-state index in [1.807, 2.05) is 13.8 Å². The van der Waals surface area contributed by atoms with Crippen LogP contribution in [0.2, 0.25) is 10.3 Å². The number of esters is 1. The standard InChI is InChI=1S/C13H13ClN2O3.C11H9ClN2O3.CH4.Y/c1-3-16-7-8(13(18)19-4-2)12(17)11-9(16)5-6-10(14)15-11;1-2-14-5-6(11(16)17)10(15)9-7(14)3-4-8(12)13-9;;/h5-7H,3-4H2,1-2H3;3-5H,2H2,1H3,(H,16,17);1H4;. The van der Waals surface area contributed by atoms with Gasteiger partial charge in [-0.05, 0) is 45.0 Å². The fourth-order valence-electron chi connectivity index (χ4n) is 3.51. The molecule has 0 saturated heterocycles. The van der Waals surface area contributed by atoms with Crippen LogP contribution in [0, 0.1) is 0 Å². The number of fused-ring (bicyclic) bond motifs is 2. The van der Waals surface area contributed by atoms with Crippen LogP contribution >= 0.6 is 23.2 Å². The minimum absolute atomic E-state index is 0. The van der Waals surface area contributed by atoms with Gasteiger partial charge in [-0.15, -0.1) is 0 Å². The van der Waals surface area contributed by atoms with Gasteiger partial charge in [-0.1, -0.05) is 30.6 Å². The molecule has 0 amide bonds. The first-order valence-electron chi connectivity index (χ1n) is 10.9. The molecule has 0 atom stereocenters. The van der Waals surface area contributed by atoms with Gasteiger partial charge in [0, 0.05) is 58.2 Å². The minimum Gasteiger partial charge on any atom is -0.477 e. The molecule has 4 rings (SSSR count). The van der Waals surface area contributed by atoms with Crippen LogP contribution in [0.25, 0.3) is 22.1 Å². The van der Waals surface area contributed by atoms with E-state index in [1.54, 1.807) is 40.3 Å². The third-order valence-electron chi connectivity index (χ3n) is 5.20. The first kappa shape index (κ1) is 33.4. The smallest absolute Gasteiger partial charge is 0.343 e. The van der Waals surface area contributed by atoms with E-state index in [-0.39, 0.29) is 79.2 Å². The summed E-state index contributed by atoms with van der Waals surface area (Å²) in [6.45, 7) is 6.81. The summed E-state index contributed by atoms with van der Waals surface area (Å²) < 4.78 is 8.30. The molecule has 13 heteroatoms. The molecular formula is C25H26Cl2N4O6Y. The summed E-state index contributed by atoms with van der Waals surface area (Å²) >= 11 is 11.5. The van der Waals surface area contributed by atoms with E-state index in [0.29, 0.717) is 24.1 Å². The Hall–Kier alpha value is -2.66. The number of nitrogens with zero attached hydrogens (tertiary/aromatic N) is 4. The van der Waals surface area contributed by atoms with Crippen molar-refractivity contribution in [1.29, 1.82) is 0 Å². The summed E-state index contributed by atoms with van der Waals surface area (Å²) in [6, 6.07) is 6.54. The van der Waals surface area contributed by atoms with Crippen molar-refractivity contribution < 1.29 is 52.1 Å². The average Bonchev–Trinajstić information content (AvgIpc) is 2.85. The summed E-state index contributed by atoms with van der Waals surface area (Å²) in [4.78, 5) is 54.7. The van der Waals surface area contributed by atoms with Crippen LogP contribution in [-0.4, -0.2) is 42.8 Å². The minimum atomic E-state index is -1.26. The van der Waals surface area contributed by atoms with Gasteiger partial charge in [0.25, 0.3) is 0 Å². The van der Waals surface area contributed by atoms with Crippen molar-refractivity contribution in [1.82, 2.24) is 19.1 Å². The third kappa shape index (κ3) is 7.05. The van der Waals surface area contributed by atoms with Crippen LogP contribution in [0.1, 0.15) is 48.9 Å². The number of hydrogen-bond acceptors (Lipinski definition) is 7. The molecule has 0 aliphatic heterocycles. The van der Waals surface area contributed by atoms with Gasteiger partial charge in [0.2, 0.25) is 10.9 Å². The van der Waals surface area contributed by atoms with Crippen molar-refractivity contribution in [3.05, 3.63) is 78.5 Å². The van der Waals surface area contributed by atoms with Crippen molar-refractivity contribution in [2.75, 3.05) is 6.61 Å². The first-order chi connectivity index (χ1) is 17.1. The normalized spacial score (nSPS) is 10.1. The molecule has 10 nitrogen and oxygen atoms in total.